The molecule has 0 aliphatic carbocycles. The SMILES string of the molecule is Cl.N[C@H](c1ccc(OC(F)(F)F)cc1)c1ccc(Br)c(Br)c1. The summed E-state index contributed by atoms with van der Waals surface area (Å²) in [6, 6.07) is 10.6. The van der Waals surface area contributed by atoms with Crippen molar-refractivity contribution in [3.05, 3.63) is 62.5 Å². The lowest BCUT2D eigenvalue weighted by molar-refractivity contribution is -0.274. The standard InChI is InChI=1S/C14H10Br2F3NO.ClH/c15-11-6-3-9(7-12(11)16)13(20)8-1-4-10(5-2-8)21-14(17,18)19;/h1-7,13H,20H2;1H/t13-;/m1./s1. The van der Waals surface area contributed by atoms with Crippen LogP contribution < -0.4 is 10.5 Å². The summed E-state index contributed by atoms with van der Waals surface area (Å²) in [6.07, 6.45) is -4.69. The molecule has 0 fully saturated rings. The number of halogens is 6. The smallest absolute Gasteiger partial charge is 0.406 e. The van der Waals surface area contributed by atoms with Crippen LogP contribution in [0.1, 0.15) is 17.2 Å². The highest BCUT2D eigenvalue weighted by Gasteiger charge is 2.31. The summed E-state index contributed by atoms with van der Waals surface area (Å²) in [5.74, 6) is -0.268. The summed E-state index contributed by atoms with van der Waals surface area (Å²) in [5, 5.41) is 0. The van der Waals surface area contributed by atoms with Crippen molar-refractivity contribution in [1.82, 2.24) is 0 Å². The fourth-order valence-corrected chi connectivity index (χ4v) is 2.42. The predicted octanol–water partition coefficient (Wildman–Crippen LogP) is 5.58. The average molecular weight is 462 g/mol. The van der Waals surface area contributed by atoms with E-state index in [1.165, 1.54) is 24.3 Å². The van der Waals surface area contributed by atoms with E-state index in [0.29, 0.717) is 5.56 Å². The van der Waals surface area contributed by atoms with Crippen LogP contribution in [0.3, 0.4) is 0 Å². The van der Waals surface area contributed by atoms with Crippen LogP contribution in [0.25, 0.3) is 0 Å². The highest BCUT2D eigenvalue weighted by atomic mass is 79.9. The Labute approximate surface area is 148 Å². The molecule has 2 aromatic carbocycles. The second kappa shape index (κ2) is 7.68. The lowest BCUT2D eigenvalue weighted by Gasteiger charge is -2.15. The molecule has 0 aromatic heterocycles. The Balaban J connectivity index is 0.00000242. The van der Waals surface area contributed by atoms with Crippen LogP contribution >= 0.6 is 44.3 Å². The van der Waals surface area contributed by atoms with Crippen molar-refractivity contribution in [1.29, 1.82) is 0 Å². The topological polar surface area (TPSA) is 35.2 Å². The van der Waals surface area contributed by atoms with Gasteiger partial charge in [0, 0.05) is 8.95 Å². The number of hydrogen-bond donors (Lipinski definition) is 1. The van der Waals surface area contributed by atoms with Crippen molar-refractivity contribution in [2.75, 3.05) is 0 Å². The first-order chi connectivity index (χ1) is 9.76. The highest BCUT2D eigenvalue weighted by molar-refractivity contribution is 9.13. The number of alkyl halides is 3. The average Bonchev–Trinajstić information content (AvgIpc) is 2.40. The zero-order valence-electron chi connectivity index (χ0n) is 10.9. The fraction of sp³-hybridized carbons (Fsp3) is 0.143. The Bertz CT molecular complexity index is 635. The van der Waals surface area contributed by atoms with Crippen LogP contribution in [-0.2, 0) is 0 Å². The van der Waals surface area contributed by atoms with Gasteiger partial charge in [0.15, 0.2) is 0 Å². The molecule has 0 aliphatic heterocycles. The Morgan fingerprint density at radius 2 is 1.45 bits per heavy atom. The van der Waals surface area contributed by atoms with Gasteiger partial charge in [-0.2, -0.15) is 0 Å². The molecule has 2 aromatic rings. The Morgan fingerprint density at radius 1 is 0.909 bits per heavy atom. The van der Waals surface area contributed by atoms with E-state index in [0.717, 1.165) is 14.5 Å². The van der Waals surface area contributed by atoms with Gasteiger partial charge in [-0.05, 0) is 67.3 Å². The van der Waals surface area contributed by atoms with Gasteiger partial charge in [-0.15, -0.1) is 25.6 Å². The molecule has 1 atom stereocenters. The highest BCUT2D eigenvalue weighted by Crippen LogP contribution is 2.29. The number of nitrogens with two attached hydrogens (primary N) is 1. The van der Waals surface area contributed by atoms with Crippen LogP contribution in [-0.4, -0.2) is 6.36 Å². The minimum atomic E-state index is -4.69. The van der Waals surface area contributed by atoms with Crippen molar-refractivity contribution < 1.29 is 17.9 Å². The van der Waals surface area contributed by atoms with Crippen molar-refractivity contribution in [3.63, 3.8) is 0 Å². The summed E-state index contributed by atoms with van der Waals surface area (Å²) in [5.41, 5.74) is 7.65. The molecule has 120 valence electrons. The van der Waals surface area contributed by atoms with Gasteiger partial charge in [0.05, 0.1) is 6.04 Å². The molecule has 0 heterocycles. The molecule has 0 saturated carbocycles. The van der Waals surface area contributed by atoms with Gasteiger partial charge in [0.1, 0.15) is 5.75 Å². The summed E-state index contributed by atoms with van der Waals surface area (Å²) < 4.78 is 41.8. The Hall–Kier alpha value is -0.760. The van der Waals surface area contributed by atoms with E-state index in [9.17, 15) is 13.2 Å². The maximum absolute atomic E-state index is 12.1. The van der Waals surface area contributed by atoms with E-state index >= 15 is 0 Å². The summed E-state index contributed by atoms with van der Waals surface area (Å²) in [7, 11) is 0. The monoisotopic (exact) mass is 459 g/mol. The molecule has 0 amide bonds. The molecular weight excluding hydrogens is 450 g/mol. The molecule has 8 heteroatoms. The molecule has 0 aliphatic rings. The third kappa shape index (κ3) is 5.15. The normalized spacial score (nSPS) is 12.5. The van der Waals surface area contributed by atoms with Crippen molar-refractivity contribution in [2.24, 2.45) is 5.73 Å². The van der Waals surface area contributed by atoms with Gasteiger partial charge in [0.25, 0.3) is 0 Å². The zero-order valence-corrected chi connectivity index (χ0v) is 14.9. The number of benzene rings is 2. The van der Waals surface area contributed by atoms with Gasteiger partial charge >= 0.3 is 6.36 Å². The van der Waals surface area contributed by atoms with Crippen LogP contribution in [0.2, 0.25) is 0 Å². The third-order valence-corrected chi connectivity index (χ3v) is 4.66. The fourth-order valence-electron chi connectivity index (χ4n) is 1.78. The Kier molecular flexibility index (Phi) is 6.73. The van der Waals surface area contributed by atoms with E-state index in [1.54, 1.807) is 0 Å². The van der Waals surface area contributed by atoms with Crippen molar-refractivity contribution >= 4 is 44.3 Å². The maximum Gasteiger partial charge on any atom is 0.573 e. The molecule has 2 rings (SSSR count). The molecule has 22 heavy (non-hydrogen) atoms. The number of hydrogen-bond acceptors (Lipinski definition) is 2. The van der Waals surface area contributed by atoms with Crippen LogP contribution in [0.5, 0.6) is 5.75 Å². The lowest BCUT2D eigenvalue weighted by Crippen LogP contribution is -2.17. The second-order valence-corrected chi connectivity index (χ2v) is 5.98. The molecule has 2 nitrogen and oxygen atoms in total. The maximum atomic E-state index is 12.1. The molecule has 0 bridgehead atoms. The molecule has 0 spiro atoms. The lowest BCUT2D eigenvalue weighted by atomic mass is 10.00. The minimum absolute atomic E-state index is 0. The zero-order chi connectivity index (χ0) is 15.6. The van der Waals surface area contributed by atoms with Gasteiger partial charge in [0.2, 0.25) is 0 Å². The van der Waals surface area contributed by atoms with Crippen molar-refractivity contribution in [2.45, 2.75) is 12.4 Å². The van der Waals surface area contributed by atoms with E-state index in [2.05, 4.69) is 36.6 Å². The van der Waals surface area contributed by atoms with Crippen molar-refractivity contribution in [3.8, 4) is 5.75 Å². The molecule has 0 radical (unpaired) electrons. The van der Waals surface area contributed by atoms with Gasteiger partial charge in [-0.3, -0.25) is 0 Å². The first-order valence-electron chi connectivity index (χ1n) is 5.82. The van der Waals surface area contributed by atoms with Crippen LogP contribution in [0, 0.1) is 0 Å². The van der Waals surface area contributed by atoms with E-state index < -0.39 is 12.4 Å². The number of rotatable bonds is 3. The molecule has 0 saturated heterocycles. The van der Waals surface area contributed by atoms with E-state index in [4.69, 9.17) is 5.73 Å². The minimum Gasteiger partial charge on any atom is -0.406 e. The number of ether oxygens (including phenoxy) is 1. The molecule has 2 N–H and O–H groups in total. The van der Waals surface area contributed by atoms with E-state index in [1.807, 2.05) is 18.2 Å². The summed E-state index contributed by atoms with van der Waals surface area (Å²) >= 11 is 6.75. The second-order valence-electron chi connectivity index (χ2n) is 4.27. The van der Waals surface area contributed by atoms with E-state index in [-0.39, 0.29) is 18.2 Å². The third-order valence-electron chi connectivity index (χ3n) is 2.78. The van der Waals surface area contributed by atoms with Gasteiger partial charge in [-0.25, -0.2) is 0 Å². The summed E-state index contributed by atoms with van der Waals surface area (Å²) in [6.45, 7) is 0. The quantitative estimate of drug-likeness (QED) is 0.648. The predicted molar refractivity (Wildman–Crippen MR) is 88.2 cm³/mol. The molecule has 0 unspecified atom stereocenters. The van der Waals surface area contributed by atoms with Crippen LogP contribution in [0.4, 0.5) is 13.2 Å². The largest absolute Gasteiger partial charge is 0.573 e. The van der Waals surface area contributed by atoms with Gasteiger partial charge in [-0.1, -0.05) is 18.2 Å². The first kappa shape index (κ1) is 19.3. The molecular formula is C14H11Br2ClF3NO. The first-order valence-corrected chi connectivity index (χ1v) is 7.41. The summed E-state index contributed by atoms with van der Waals surface area (Å²) in [4.78, 5) is 0. The van der Waals surface area contributed by atoms with Crippen LogP contribution in [0.15, 0.2) is 51.4 Å². The Morgan fingerprint density at radius 3 is 1.95 bits per heavy atom. The van der Waals surface area contributed by atoms with Gasteiger partial charge < -0.3 is 10.5 Å².